The molecule has 0 aliphatic carbocycles. The molecule has 1 aromatic heterocycles. The van der Waals surface area contributed by atoms with E-state index in [4.69, 9.17) is 0 Å². The van der Waals surface area contributed by atoms with Crippen LogP contribution in [0.3, 0.4) is 0 Å². The van der Waals surface area contributed by atoms with Crippen LogP contribution in [-0.2, 0) is 0 Å². The number of rotatable bonds is 1. The predicted molar refractivity (Wildman–Crippen MR) is 30.8 cm³/mol. The van der Waals surface area contributed by atoms with E-state index in [0.717, 1.165) is 12.3 Å². The first-order chi connectivity index (χ1) is 5.13. The number of nitrogens with zero attached hydrogens (tertiary/aromatic N) is 2. The molecule has 0 amide bonds. The molecular weight excluding hydrogens is 158 g/mol. The Bertz CT molecular complexity index is 282. The summed E-state index contributed by atoms with van der Waals surface area (Å²) in [6.45, 7) is 0. The largest absolute Gasteiger partial charge is 0.359 e. The Balaban J connectivity index is 3.32. The third-order valence-corrected chi connectivity index (χ3v) is 1.01. The van der Waals surface area contributed by atoms with Crippen LogP contribution in [0.15, 0.2) is 12.3 Å². The normalized spacial score (nSPS) is 9.64. The van der Waals surface area contributed by atoms with Gasteiger partial charge in [0.1, 0.15) is 0 Å². The number of hydrogen-bond donors (Lipinski definition) is 0. The molecule has 58 valence electrons. The lowest BCUT2D eigenvalue weighted by molar-refractivity contribution is -0.390. The minimum absolute atomic E-state index is 0.723. The Morgan fingerprint density at radius 1 is 1.55 bits per heavy atom. The van der Waals surface area contributed by atoms with Crippen molar-refractivity contribution in [3.05, 3.63) is 34.1 Å². The lowest BCUT2D eigenvalue weighted by Gasteiger charge is -1.91. The zero-order valence-electron chi connectivity index (χ0n) is 5.12. The summed E-state index contributed by atoms with van der Waals surface area (Å²) < 4.78 is 24.7. The molecule has 0 saturated heterocycles. The molecule has 0 saturated carbocycles. The molecule has 0 radical (unpaired) electrons. The summed E-state index contributed by atoms with van der Waals surface area (Å²) in [6.07, 6.45) is 0.817. The maximum atomic E-state index is 12.4. The monoisotopic (exact) mass is 160 g/mol. The summed E-state index contributed by atoms with van der Waals surface area (Å²) in [5, 5.41) is 9.93. The second-order valence-corrected chi connectivity index (χ2v) is 1.69. The fraction of sp³-hybridized carbons (Fsp3) is 0. The maximum Gasteiger partial charge on any atom is 0.359 e. The Labute approximate surface area is 59.6 Å². The average molecular weight is 160 g/mol. The minimum Gasteiger partial charge on any atom is -0.258 e. The van der Waals surface area contributed by atoms with Crippen LogP contribution in [0.4, 0.5) is 14.5 Å². The summed E-state index contributed by atoms with van der Waals surface area (Å²) in [5.41, 5.74) is -1.22. The summed E-state index contributed by atoms with van der Waals surface area (Å²) in [7, 11) is 0. The predicted octanol–water partition coefficient (Wildman–Crippen LogP) is 1.27. The number of hydrogen-bond acceptors (Lipinski definition) is 3. The van der Waals surface area contributed by atoms with Crippen molar-refractivity contribution in [1.29, 1.82) is 0 Å². The highest BCUT2D eigenvalue weighted by Gasteiger charge is 2.20. The molecule has 1 aromatic rings. The highest BCUT2D eigenvalue weighted by Crippen LogP contribution is 2.17. The van der Waals surface area contributed by atoms with Gasteiger partial charge in [0.15, 0.2) is 0 Å². The van der Waals surface area contributed by atoms with Gasteiger partial charge in [-0.25, -0.2) is 4.98 Å². The first kappa shape index (κ1) is 7.52. The van der Waals surface area contributed by atoms with E-state index >= 15 is 0 Å². The van der Waals surface area contributed by atoms with Gasteiger partial charge in [-0.15, -0.1) is 0 Å². The molecule has 0 aliphatic heterocycles. The molecule has 0 N–H and O–H groups in total. The van der Waals surface area contributed by atoms with E-state index in [0.29, 0.717) is 0 Å². The molecule has 0 aliphatic rings. The molecule has 0 spiro atoms. The molecule has 4 nitrogen and oxygen atoms in total. The average Bonchev–Trinajstić information content (AvgIpc) is 1.85. The molecule has 6 heteroatoms. The highest BCUT2D eigenvalue weighted by molar-refractivity contribution is 5.28. The standard InChI is InChI=1S/C5H2F2N2O2/c6-3-1-2-8-5(7)4(3)9(10)11/h1-2H. The third kappa shape index (κ3) is 1.28. The van der Waals surface area contributed by atoms with Gasteiger partial charge in [-0.3, -0.25) is 10.1 Å². The number of halogens is 2. The van der Waals surface area contributed by atoms with Gasteiger partial charge < -0.3 is 0 Å². The van der Waals surface area contributed by atoms with Crippen LogP contribution in [-0.4, -0.2) is 9.91 Å². The van der Waals surface area contributed by atoms with Gasteiger partial charge >= 0.3 is 5.69 Å². The van der Waals surface area contributed by atoms with Gasteiger partial charge in [-0.2, -0.15) is 8.78 Å². The number of pyridine rings is 1. The van der Waals surface area contributed by atoms with Crippen molar-refractivity contribution in [2.24, 2.45) is 0 Å². The Kier molecular flexibility index (Phi) is 1.75. The first-order valence-electron chi connectivity index (χ1n) is 2.57. The summed E-state index contributed by atoms with van der Waals surface area (Å²) in [4.78, 5) is 11.7. The molecule has 0 unspecified atom stereocenters. The molecule has 1 rings (SSSR count). The molecule has 1 heterocycles. The lowest BCUT2D eigenvalue weighted by Crippen LogP contribution is -1.97. The number of nitro groups is 1. The van der Waals surface area contributed by atoms with Gasteiger partial charge in [-0.05, 0) is 6.07 Å². The Hall–Kier alpha value is -1.59. The van der Waals surface area contributed by atoms with Crippen molar-refractivity contribution < 1.29 is 13.7 Å². The van der Waals surface area contributed by atoms with E-state index in [1.807, 2.05) is 0 Å². The molecular formula is C5H2F2N2O2. The fourth-order valence-corrected chi connectivity index (χ4v) is 0.569. The van der Waals surface area contributed by atoms with Crippen molar-refractivity contribution in [2.75, 3.05) is 0 Å². The van der Waals surface area contributed by atoms with Crippen LogP contribution in [0.5, 0.6) is 0 Å². The van der Waals surface area contributed by atoms with Crippen LogP contribution < -0.4 is 0 Å². The van der Waals surface area contributed by atoms with Crippen molar-refractivity contribution in [3.63, 3.8) is 0 Å². The molecule has 0 fully saturated rings. The summed E-state index contributed by atoms with van der Waals surface area (Å²) in [6, 6.07) is 0.723. The zero-order valence-corrected chi connectivity index (χ0v) is 5.12. The van der Waals surface area contributed by atoms with E-state index in [1.165, 1.54) is 0 Å². The van der Waals surface area contributed by atoms with E-state index in [2.05, 4.69) is 4.98 Å². The summed E-state index contributed by atoms with van der Waals surface area (Å²) in [5.74, 6) is -2.63. The fourth-order valence-electron chi connectivity index (χ4n) is 0.569. The summed E-state index contributed by atoms with van der Waals surface area (Å²) >= 11 is 0. The van der Waals surface area contributed by atoms with E-state index in [-0.39, 0.29) is 0 Å². The van der Waals surface area contributed by atoms with Gasteiger partial charge in [0.05, 0.1) is 4.92 Å². The van der Waals surface area contributed by atoms with Crippen LogP contribution >= 0.6 is 0 Å². The third-order valence-electron chi connectivity index (χ3n) is 1.01. The Morgan fingerprint density at radius 3 is 2.55 bits per heavy atom. The zero-order chi connectivity index (χ0) is 8.43. The van der Waals surface area contributed by atoms with Crippen LogP contribution in [0.25, 0.3) is 0 Å². The van der Waals surface area contributed by atoms with Crippen LogP contribution in [0, 0.1) is 21.9 Å². The van der Waals surface area contributed by atoms with Crippen LogP contribution in [0.1, 0.15) is 0 Å². The van der Waals surface area contributed by atoms with E-state index in [1.54, 1.807) is 0 Å². The molecule has 11 heavy (non-hydrogen) atoms. The van der Waals surface area contributed by atoms with Crippen molar-refractivity contribution in [3.8, 4) is 0 Å². The SMILES string of the molecule is O=[N+]([O-])c1c(F)ccnc1F. The van der Waals surface area contributed by atoms with Crippen molar-refractivity contribution in [2.45, 2.75) is 0 Å². The first-order valence-corrected chi connectivity index (χ1v) is 2.57. The lowest BCUT2D eigenvalue weighted by atomic mass is 10.4. The Morgan fingerprint density at radius 2 is 2.18 bits per heavy atom. The highest BCUT2D eigenvalue weighted by atomic mass is 19.1. The topological polar surface area (TPSA) is 56.0 Å². The second-order valence-electron chi connectivity index (χ2n) is 1.69. The van der Waals surface area contributed by atoms with Crippen LogP contribution in [0.2, 0.25) is 0 Å². The molecule has 0 atom stereocenters. The van der Waals surface area contributed by atoms with Gasteiger partial charge in [0.25, 0.3) is 5.95 Å². The number of aromatic nitrogens is 1. The molecule has 0 aromatic carbocycles. The smallest absolute Gasteiger partial charge is 0.258 e. The maximum absolute atomic E-state index is 12.4. The minimum atomic E-state index is -1.41. The second kappa shape index (κ2) is 2.57. The van der Waals surface area contributed by atoms with Gasteiger partial charge in [0, 0.05) is 6.20 Å². The van der Waals surface area contributed by atoms with Gasteiger partial charge in [-0.1, -0.05) is 0 Å². The van der Waals surface area contributed by atoms with E-state index in [9.17, 15) is 18.9 Å². The van der Waals surface area contributed by atoms with Crippen molar-refractivity contribution in [1.82, 2.24) is 4.98 Å². The van der Waals surface area contributed by atoms with Gasteiger partial charge in [0.2, 0.25) is 5.82 Å². The molecule has 0 bridgehead atoms. The van der Waals surface area contributed by atoms with E-state index < -0.39 is 22.4 Å². The quantitative estimate of drug-likeness (QED) is 0.353. The van der Waals surface area contributed by atoms with Crippen molar-refractivity contribution >= 4 is 5.69 Å².